The second-order valence-electron chi connectivity index (χ2n) is 4.18. The third kappa shape index (κ3) is 4.41. The molecule has 1 aromatic heterocycles. The van der Waals surface area contributed by atoms with Crippen LogP contribution in [0.1, 0.15) is 5.56 Å². The first-order chi connectivity index (χ1) is 8.94. The Balaban J connectivity index is 2.09. The van der Waals surface area contributed by atoms with Crippen molar-refractivity contribution in [1.29, 1.82) is 0 Å². The second kappa shape index (κ2) is 5.81. The van der Waals surface area contributed by atoms with Gasteiger partial charge in [0, 0.05) is 18.1 Å². The van der Waals surface area contributed by atoms with Crippen LogP contribution in [-0.4, -0.2) is 19.2 Å². The van der Waals surface area contributed by atoms with Gasteiger partial charge in [-0.1, -0.05) is 30.0 Å². The molecule has 0 saturated carbocycles. The maximum atomic E-state index is 11.0. The molecule has 0 unspecified atom stereocenters. The van der Waals surface area contributed by atoms with Crippen LogP contribution < -0.4 is 0 Å². The molecule has 0 aliphatic rings. The van der Waals surface area contributed by atoms with Crippen LogP contribution in [0.25, 0.3) is 0 Å². The van der Waals surface area contributed by atoms with E-state index in [2.05, 4.69) is 0 Å². The molecule has 0 spiro atoms. The highest BCUT2D eigenvalue weighted by Gasteiger charge is 2.08. The molecule has 6 heteroatoms. The molecule has 0 radical (unpaired) electrons. The van der Waals surface area contributed by atoms with Crippen molar-refractivity contribution in [1.82, 2.24) is 4.57 Å². The van der Waals surface area contributed by atoms with Crippen molar-refractivity contribution in [2.24, 2.45) is 7.05 Å². The molecule has 2 rings (SSSR count). The van der Waals surface area contributed by atoms with Crippen molar-refractivity contribution in [3.8, 4) is 0 Å². The average molecular weight is 297 g/mol. The third-order valence-electron chi connectivity index (χ3n) is 2.42. The van der Waals surface area contributed by atoms with Gasteiger partial charge >= 0.3 is 0 Å². The second-order valence-corrected chi connectivity index (χ2v) is 6.92. The Morgan fingerprint density at radius 1 is 1.26 bits per heavy atom. The summed E-state index contributed by atoms with van der Waals surface area (Å²) in [7, 11) is -1.48. The maximum Gasteiger partial charge on any atom is 0.264 e. The van der Waals surface area contributed by atoms with Crippen LogP contribution in [0.15, 0.2) is 52.5 Å². The van der Waals surface area contributed by atoms with Gasteiger partial charge in [0.25, 0.3) is 10.1 Å². The Morgan fingerprint density at radius 3 is 2.58 bits per heavy atom. The molecule has 19 heavy (non-hydrogen) atoms. The van der Waals surface area contributed by atoms with Gasteiger partial charge in [0.05, 0.1) is 17.9 Å². The van der Waals surface area contributed by atoms with Gasteiger partial charge < -0.3 is 4.57 Å². The topological polar surface area (TPSA) is 48.3 Å². The minimum absolute atomic E-state index is 0.0715. The fourth-order valence-electron chi connectivity index (χ4n) is 1.57. The van der Waals surface area contributed by atoms with Crippen molar-refractivity contribution >= 4 is 21.9 Å². The predicted molar refractivity (Wildman–Crippen MR) is 75.6 cm³/mol. The monoisotopic (exact) mass is 297 g/mol. The van der Waals surface area contributed by atoms with Crippen LogP contribution in [-0.2, 0) is 28.0 Å². The molecule has 0 amide bonds. The summed E-state index contributed by atoms with van der Waals surface area (Å²) in [5.41, 5.74) is 0.839. The zero-order valence-electron chi connectivity index (χ0n) is 10.7. The van der Waals surface area contributed by atoms with E-state index in [1.807, 2.05) is 54.2 Å². The molecular formula is C13H15NO3S2. The molecule has 0 N–H and O–H groups in total. The number of hydrogen-bond donors (Lipinski definition) is 0. The van der Waals surface area contributed by atoms with E-state index in [0.717, 1.165) is 21.7 Å². The van der Waals surface area contributed by atoms with Crippen molar-refractivity contribution in [3.05, 3.63) is 48.2 Å². The van der Waals surface area contributed by atoms with Gasteiger partial charge in [-0.25, -0.2) is 0 Å². The summed E-state index contributed by atoms with van der Waals surface area (Å²) < 4.78 is 28.6. The molecule has 0 bridgehead atoms. The molecule has 0 aliphatic heterocycles. The van der Waals surface area contributed by atoms with Gasteiger partial charge in [0.2, 0.25) is 0 Å². The van der Waals surface area contributed by atoms with Crippen molar-refractivity contribution in [2.45, 2.75) is 16.5 Å². The molecule has 0 atom stereocenters. The van der Waals surface area contributed by atoms with E-state index in [1.54, 1.807) is 11.8 Å². The van der Waals surface area contributed by atoms with Gasteiger partial charge in [-0.3, -0.25) is 4.18 Å². The quantitative estimate of drug-likeness (QED) is 0.796. The molecule has 0 fully saturated rings. The highest BCUT2D eigenvalue weighted by atomic mass is 32.2. The normalized spacial score (nSPS) is 11.7. The Hall–Kier alpha value is -1.24. The zero-order chi connectivity index (χ0) is 13.9. The molecule has 1 aromatic carbocycles. The maximum absolute atomic E-state index is 11.0. The lowest BCUT2D eigenvalue weighted by molar-refractivity contribution is 0.311. The summed E-state index contributed by atoms with van der Waals surface area (Å²) in [5, 5.41) is 1.04. The first-order valence-electron chi connectivity index (χ1n) is 5.66. The van der Waals surface area contributed by atoms with Crippen LogP contribution in [0, 0.1) is 0 Å². The average Bonchev–Trinajstić information content (AvgIpc) is 2.68. The molecule has 4 nitrogen and oxygen atoms in total. The minimum Gasteiger partial charge on any atom is -0.345 e. The number of aromatic nitrogens is 1. The summed E-state index contributed by atoms with van der Waals surface area (Å²) in [6.45, 7) is 0.0715. The smallest absolute Gasteiger partial charge is 0.264 e. The van der Waals surface area contributed by atoms with Gasteiger partial charge in [0.15, 0.2) is 0 Å². The molecule has 0 saturated heterocycles. The highest BCUT2D eigenvalue weighted by molar-refractivity contribution is 7.99. The summed E-state index contributed by atoms with van der Waals surface area (Å²) in [6, 6.07) is 11.9. The number of benzene rings is 1. The van der Waals surface area contributed by atoms with Crippen molar-refractivity contribution in [2.75, 3.05) is 6.26 Å². The van der Waals surface area contributed by atoms with Crippen LogP contribution in [0.4, 0.5) is 0 Å². The van der Waals surface area contributed by atoms with E-state index < -0.39 is 10.1 Å². The van der Waals surface area contributed by atoms with E-state index in [1.165, 1.54) is 0 Å². The summed E-state index contributed by atoms with van der Waals surface area (Å²) in [6.07, 6.45) is 2.92. The fourth-order valence-corrected chi connectivity index (χ4v) is 2.87. The Labute approximate surface area is 117 Å². The first kappa shape index (κ1) is 14.2. The molecular weight excluding hydrogens is 282 g/mol. The van der Waals surface area contributed by atoms with Gasteiger partial charge in [0.1, 0.15) is 0 Å². The number of rotatable bonds is 5. The van der Waals surface area contributed by atoms with E-state index in [9.17, 15) is 8.42 Å². The Kier molecular flexibility index (Phi) is 4.34. The first-order valence-corrected chi connectivity index (χ1v) is 8.30. The molecule has 0 aliphatic carbocycles. The third-order valence-corrected chi connectivity index (χ3v) is 4.09. The summed E-state index contributed by atoms with van der Waals surface area (Å²) >= 11 is 1.63. The minimum atomic E-state index is -3.40. The van der Waals surface area contributed by atoms with Gasteiger partial charge in [-0.2, -0.15) is 8.42 Å². The number of hydrogen-bond acceptors (Lipinski definition) is 4. The largest absolute Gasteiger partial charge is 0.345 e. The van der Waals surface area contributed by atoms with Crippen molar-refractivity contribution in [3.63, 3.8) is 0 Å². The van der Waals surface area contributed by atoms with Crippen molar-refractivity contribution < 1.29 is 12.6 Å². The Bertz CT molecular complexity index is 648. The summed E-state index contributed by atoms with van der Waals surface area (Å²) in [4.78, 5) is 1.14. The molecule has 102 valence electrons. The SMILES string of the molecule is Cn1cc(COS(C)(=O)=O)cc1Sc1ccccc1. The molecule has 1 heterocycles. The lowest BCUT2D eigenvalue weighted by atomic mass is 10.4. The standard InChI is InChI=1S/C13H15NO3S2/c1-14-9-11(10-17-19(2,15)16)8-13(14)18-12-6-4-3-5-7-12/h3-9H,10H2,1-2H3. The van der Waals surface area contributed by atoms with Gasteiger partial charge in [-0.15, -0.1) is 0 Å². The summed E-state index contributed by atoms with van der Waals surface area (Å²) in [5.74, 6) is 0. The lowest BCUT2D eigenvalue weighted by Gasteiger charge is -2.01. The Morgan fingerprint density at radius 2 is 1.95 bits per heavy atom. The van der Waals surface area contributed by atoms with E-state index in [-0.39, 0.29) is 6.61 Å². The van der Waals surface area contributed by atoms with E-state index in [0.29, 0.717) is 0 Å². The van der Waals surface area contributed by atoms with Crippen LogP contribution in [0.3, 0.4) is 0 Å². The predicted octanol–water partition coefficient (Wildman–Crippen LogP) is 2.65. The van der Waals surface area contributed by atoms with Gasteiger partial charge in [-0.05, 0) is 23.8 Å². The molecule has 2 aromatic rings. The number of aryl methyl sites for hydroxylation is 1. The van der Waals surface area contributed by atoms with E-state index in [4.69, 9.17) is 4.18 Å². The zero-order valence-corrected chi connectivity index (χ0v) is 12.4. The van der Waals surface area contributed by atoms with Crippen LogP contribution in [0.5, 0.6) is 0 Å². The van der Waals surface area contributed by atoms with Crippen LogP contribution in [0.2, 0.25) is 0 Å². The fraction of sp³-hybridized carbons (Fsp3) is 0.231. The van der Waals surface area contributed by atoms with Crippen LogP contribution >= 0.6 is 11.8 Å². The highest BCUT2D eigenvalue weighted by Crippen LogP contribution is 2.28. The van der Waals surface area contributed by atoms with E-state index >= 15 is 0 Å². The lowest BCUT2D eigenvalue weighted by Crippen LogP contribution is -2.01. The number of nitrogens with zero attached hydrogens (tertiary/aromatic N) is 1.